The maximum atomic E-state index is 2.49. The molecule has 0 amide bonds. The first kappa shape index (κ1) is 29.5. The lowest BCUT2D eigenvalue weighted by Gasteiger charge is -2.38. The Bertz CT molecular complexity index is 2440. The van der Waals surface area contributed by atoms with Gasteiger partial charge in [-0.1, -0.05) is 181 Å². The molecule has 51 heavy (non-hydrogen) atoms. The van der Waals surface area contributed by atoms with Gasteiger partial charge in [0.05, 0.1) is 0 Å². The molecule has 8 aromatic carbocycles. The van der Waals surface area contributed by atoms with Crippen LogP contribution in [0.5, 0.6) is 0 Å². The molecule has 0 radical (unpaired) electrons. The van der Waals surface area contributed by atoms with Crippen molar-refractivity contribution in [2.45, 2.75) is 5.92 Å². The largest absolute Gasteiger partial charge is 0.312 e. The van der Waals surface area contributed by atoms with E-state index in [0.717, 1.165) is 0 Å². The number of benzene rings is 8. The third-order valence-electron chi connectivity index (χ3n) is 10.8. The minimum atomic E-state index is 0.0258. The average molecular weight is 648 g/mol. The Labute approximate surface area is 300 Å². The standard InChI is InChI=1S/C49H34BN/c1-4-17-34(18-5-1)38-25-16-26-39(35-19-6-2-7-20-35)49(38)50-44-27-12-14-29-46(44)51(47-30-15-13-28-45(47)50)37-31-32-42-43(33-37)40-23-10-11-24-41(40)48(42)36-21-8-3-9-22-36/h1-33,48H. The summed E-state index contributed by atoms with van der Waals surface area (Å²) in [5, 5.41) is 0. The molecule has 8 aromatic rings. The Kier molecular flexibility index (Phi) is 7.06. The first-order valence-electron chi connectivity index (χ1n) is 17.8. The molecule has 0 saturated heterocycles. The molecule has 1 aliphatic carbocycles. The molecule has 0 N–H and O–H groups in total. The van der Waals surface area contributed by atoms with Crippen LogP contribution in [-0.4, -0.2) is 6.71 Å². The van der Waals surface area contributed by atoms with Gasteiger partial charge in [-0.15, -0.1) is 0 Å². The second kappa shape index (κ2) is 12.2. The summed E-state index contributed by atoms with van der Waals surface area (Å²) in [6.07, 6.45) is 0. The van der Waals surface area contributed by atoms with Gasteiger partial charge in [0.15, 0.2) is 0 Å². The van der Waals surface area contributed by atoms with E-state index in [1.807, 2.05) is 0 Å². The molecular formula is C49H34BN. The Morgan fingerprint density at radius 3 is 1.49 bits per heavy atom. The average Bonchev–Trinajstić information content (AvgIpc) is 3.54. The second-order valence-electron chi connectivity index (χ2n) is 13.6. The third-order valence-corrected chi connectivity index (χ3v) is 10.8. The van der Waals surface area contributed by atoms with E-state index in [2.05, 4.69) is 205 Å². The molecule has 1 aliphatic heterocycles. The summed E-state index contributed by atoms with van der Waals surface area (Å²) in [7, 11) is 0. The Morgan fingerprint density at radius 1 is 0.373 bits per heavy atom. The highest BCUT2D eigenvalue weighted by Gasteiger charge is 2.38. The summed E-state index contributed by atoms with van der Waals surface area (Å²) >= 11 is 0. The third kappa shape index (κ3) is 4.79. The maximum Gasteiger partial charge on any atom is 0.248 e. The lowest BCUT2D eigenvalue weighted by atomic mass is 9.33. The van der Waals surface area contributed by atoms with E-state index in [1.54, 1.807) is 0 Å². The Hall–Kier alpha value is -6.38. The first-order valence-corrected chi connectivity index (χ1v) is 17.8. The molecule has 0 saturated carbocycles. The number of fused-ring (bicyclic) bond motifs is 5. The summed E-state index contributed by atoms with van der Waals surface area (Å²) < 4.78 is 0. The van der Waals surface area contributed by atoms with Gasteiger partial charge in [0.25, 0.3) is 0 Å². The number of nitrogens with zero attached hydrogens (tertiary/aromatic N) is 1. The van der Waals surface area contributed by atoms with E-state index in [1.165, 1.54) is 83.5 Å². The van der Waals surface area contributed by atoms with Crippen LogP contribution in [0, 0.1) is 0 Å². The number of rotatable bonds is 5. The molecule has 0 bridgehead atoms. The number of anilines is 3. The summed E-state index contributed by atoms with van der Waals surface area (Å²) in [6.45, 7) is 0.0258. The molecule has 0 fully saturated rings. The van der Waals surface area contributed by atoms with Crippen molar-refractivity contribution in [2.75, 3.05) is 4.90 Å². The van der Waals surface area contributed by atoms with Gasteiger partial charge in [0.2, 0.25) is 6.71 Å². The van der Waals surface area contributed by atoms with E-state index >= 15 is 0 Å². The van der Waals surface area contributed by atoms with Gasteiger partial charge < -0.3 is 4.90 Å². The van der Waals surface area contributed by atoms with Crippen LogP contribution in [0.4, 0.5) is 17.1 Å². The van der Waals surface area contributed by atoms with Crippen molar-refractivity contribution >= 4 is 40.2 Å². The first-order chi connectivity index (χ1) is 25.3. The van der Waals surface area contributed by atoms with Crippen LogP contribution >= 0.6 is 0 Å². The highest BCUT2D eigenvalue weighted by Crippen LogP contribution is 2.50. The van der Waals surface area contributed by atoms with Crippen molar-refractivity contribution in [1.29, 1.82) is 0 Å². The van der Waals surface area contributed by atoms with Crippen LogP contribution in [-0.2, 0) is 0 Å². The van der Waals surface area contributed by atoms with Gasteiger partial charge in [0, 0.05) is 23.0 Å². The minimum Gasteiger partial charge on any atom is -0.312 e. The summed E-state index contributed by atoms with van der Waals surface area (Å²) in [5.41, 5.74) is 19.3. The van der Waals surface area contributed by atoms with E-state index < -0.39 is 0 Å². The molecule has 0 spiro atoms. The van der Waals surface area contributed by atoms with Crippen LogP contribution in [0.2, 0.25) is 0 Å². The molecule has 1 nitrogen and oxygen atoms in total. The normalized spacial score (nSPS) is 14.0. The van der Waals surface area contributed by atoms with E-state index in [4.69, 9.17) is 0 Å². The number of hydrogen-bond acceptors (Lipinski definition) is 1. The monoisotopic (exact) mass is 647 g/mol. The maximum absolute atomic E-state index is 2.49. The predicted molar refractivity (Wildman–Crippen MR) is 216 cm³/mol. The van der Waals surface area contributed by atoms with E-state index in [-0.39, 0.29) is 12.6 Å². The van der Waals surface area contributed by atoms with Crippen molar-refractivity contribution in [3.63, 3.8) is 0 Å². The molecular weight excluding hydrogens is 613 g/mol. The van der Waals surface area contributed by atoms with Crippen molar-refractivity contribution < 1.29 is 0 Å². The molecule has 0 aromatic heterocycles. The topological polar surface area (TPSA) is 3.24 Å². The van der Waals surface area contributed by atoms with Gasteiger partial charge >= 0.3 is 0 Å². The smallest absolute Gasteiger partial charge is 0.248 e. The zero-order chi connectivity index (χ0) is 33.7. The van der Waals surface area contributed by atoms with Crippen LogP contribution in [0.3, 0.4) is 0 Å². The molecule has 1 atom stereocenters. The quantitative estimate of drug-likeness (QED) is 0.168. The predicted octanol–water partition coefficient (Wildman–Crippen LogP) is 10.5. The fourth-order valence-corrected chi connectivity index (χ4v) is 8.71. The molecule has 2 aliphatic rings. The fourth-order valence-electron chi connectivity index (χ4n) is 8.71. The van der Waals surface area contributed by atoms with Crippen molar-refractivity contribution in [1.82, 2.24) is 0 Å². The highest BCUT2D eigenvalue weighted by molar-refractivity contribution is 6.99. The molecule has 1 heterocycles. The van der Waals surface area contributed by atoms with Crippen LogP contribution in [0.1, 0.15) is 22.6 Å². The van der Waals surface area contributed by atoms with Gasteiger partial charge in [-0.05, 0) is 85.3 Å². The minimum absolute atomic E-state index is 0.0258. The van der Waals surface area contributed by atoms with Crippen LogP contribution in [0.25, 0.3) is 33.4 Å². The highest BCUT2D eigenvalue weighted by atomic mass is 15.1. The zero-order valence-electron chi connectivity index (χ0n) is 28.2. The Morgan fingerprint density at radius 2 is 0.863 bits per heavy atom. The van der Waals surface area contributed by atoms with Crippen molar-refractivity contribution in [2.24, 2.45) is 0 Å². The molecule has 238 valence electrons. The molecule has 1 unspecified atom stereocenters. The lowest BCUT2D eigenvalue weighted by Crippen LogP contribution is -2.58. The number of hydrogen-bond donors (Lipinski definition) is 0. The summed E-state index contributed by atoms with van der Waals surface area (Å²) in [6, 6.07) is 73.7. The fraction of sp³-hybridized carbons (Fsp3) is 0.0204. The van der Waals surface area contributed by atoms with Gasteiger partial charge in [-0.3, -0.25) is 0 Å². The second-order valence-corrected chi connectivity index (χ2v) is 13.6. The van der Waals surface area contributed by atoms with Crippen LogP contribution < -0.4 is 21.3 Å². The number of para-hydroxylation sites is 2. The van der Waals surface area contributed by atoms with Crippen molar-refractivity contribution in [3.05, 3.63) is 217 Å². The zero-order valence-corrected chi connectivity index (χ0v) is 28.2. The van der Waals surface area contributed by atoms with Crippen LogP contribution in [0.15, 0.2) is 200 Å². The summed E-state index contributed by atoms with van der Waals surface area (Å²) in [4.78, 5) is 2.49. The lowest BCUT2D eigenvalue weighted by molar-refractivity contribution is 1.01. The molecule has 10 rings (SSSR count). The Balaban J connectivity index is 1.19. The molecule has 2 heteroatoms. The SMILES string of the molecule is c1ccc(-c2cccc(-c3ccccc3)c2B2c3ccccc3N(c3ccc4c(c3)-c3ccccc3C4c3ccccc3)c3ccccc32)cc1. The van der Waals surface area contributed by atoms with E-state index in [9.17, 15) is 0 Å². The van der Waals surface area contributed by atoms with E-state index in [0.29, 0.717) is 0 Å². The van der Waals surface area contributed by atoms with Crippen molar-refractivity contribution in [3.8, 4) is 33.4 Å². The van der Waals surface area contributed by atoms with Gasteiger partial charge in [-0.25, -0.2) is 0 Å². The van der Waals surface area contributed by atoms with Gasteiger partial charge in [-0.2, -0.15) is 0 Å². The summed E-state index contributed by atoms with van der Waals surface area (Å²) in [5.74, 6) is 0.225. The van der Waals surface area contributed by atoms with Gasteiger partial charge in [0.1, 0.15) is 0 Å².